The topological polar surface area (TPSA) is 66.9 Å². The number of anilines is 1. The van der Waals surface area contributed by atoms with Crippen LogP contribution in [0.1, 0.15) is 25.8 Å². The molecule has 128 valence electrons. The monoisotopic (exact) mass is 340 g/mol. The Morgan fingerprint density at radius 1 is 1.26 bits per heavy atom. The molecule has 1 heterocycles. The summed E-state index contributed by atoms with van der Waals surface area (Å²) < 4.78 is 30.8. The largest absolute Gasteiger partial charge is 0.465 e. The molecule has 7 heteroatoms. The molecule has 1 atom stereocenters. The van der Waals surface area contributed by atoms with Crippen molar-refractivity contribution >= 4 is 21.7 Å². The molecule has 23 heavy (non-hydrogen) atoms. The minimum Gasteiger partial charge on any atom is -0.465 e. The maximum absolute atomic E-state index is 12.2. The molecule has 2 rings (SSSR count). The zero-order valence-electron chi connectivity index (χ0n) is 13.9. The predicted octanol–water partition coefficient (Wildman–Crippen LogP) is 1.61. The lowest BCUT2D eigenvalue weighted by Gasteiger charge is -2.28. The highest BCUT2D eigenvalue weighted by molar-refractivity contribution is 7.92. The Balaban J connectivity index is 2.34. The average Bonchev–Trinajstić information content (AvgIpc) is 2.67. The Bertz CT molecular complexity index is 660. The molecule has 0 aromatic heterocycles. The molecule has 0 N–H and O–H groups in total. The van der Waals surface area contributed by atoms with Gasteiger partial charge in [0.25, 0.3) is 0 Å². The zero-order chi connectivity index (χ0) is 17.0. The van der Waals surface area contributed by atoms with Crippen molar-refractivity contribution in [1.82, 2.24) is 4.90 Å². The Kier molecular flexibility index (Phi) is 5.64. The number of sulfonamides is 1. The fourth-order valence-electron chi connectivity index (χ4n) is 2.95. The summed E-state index contributed by atoms with van der Waals surface area (Å²) in [6.45, 7) is 5.40. The number of carbonyl (C=O) groups excluding carboxylic acids is 1. The van der Waals surface area contributed by atoms with E-state index in [1.54, 1.807) is 6.92 Å². The second kappa shape index (κ2) is 7.31. The predicted molar refractivity (Wildman–Crippen MR) is 89.8 cm³/mol. The highest BCUT2D eigenvalue weighted by atomic mass is 32.2. The van der Waals surface area contributed by atoms with E-state index in [1.165, 1.54) is 10.6 Å². The minimum atomic E-state index is -3.36. The third-order valence-electron chi connectivity index (χ3n) is 4.01. The second-order valence-corrected chi connectivity index (χ2v) is 7.52. The van der Waals surface area contributed by atoms with Crippen molar-refractivity contribution < 1.29 is 17.9 Å². The number of para-hydroxylation sites is 1. The van der Waals surface area contributed by atoms with Gasteiger partial charge in [-0.05, 0) is 25.0 Å². The van der Waals surface area contributed by atoms with E-state index in [9.17, 15) is 13.2 Å². The van der Waals surface area contributed by atoms with Crippen LogP contribution in [0.15, 0.2) is 24.3 Å². The van der Waals surface area contributed by atoms with Crippen molar-refractivity contribution in [3.05, 3.63) is 29.8 Å². The first-order valence-corrected chi connectivity index (χ1v) is 9.69. The van der Waals surface area contributed by atoms with Gasteiger partial charge in [0.1, 0.15) is 6.04 Å². The molecule has 0 saturated heterocycles. The molecule has 1 aliphatic heterocycles. The average molecular weight is 340 g/mol. The summed E-state index contributed by atoms with van der Waals surface area (Å²) in [6.07, 6.45) is 1.84. The number of nitrogens with zero attached hydrogens (tertiary/aromatic N) is 2. The highest BCUT2D eigenvalue weighted by Crippen LogP contribution is 2.28. The number of esters is 1. The van der Waals surface area contributed by atoms with E-state index in [2.05, 4.69) is 0 Å². The van der Waals surface area contributed by atoms with Crippen molar-refractivity contribution in [2.45, 2.75) is 32.9 Å². The van der Waals surface area contributed by atoms with Gasteiger partial charge < -0.3 is 4.74 Å². The summed E-state index contributed by atoms with van der Waals surface area (Å²) in [7, 11) is -3.36. The van der Waals surface area contributed by atoms with Crippen LogP contribution in [-0.4, -0.2) is 51.3 Å². The van der Waals surface area contributed by atoms with Crippen molar-refractivity contribution in [2.24, 2.45) is 0 Å². The fraction of sp³-hybridized carbons (Fsp3) is 0.562. The van der Waals surface area contributed by atoms with Gasteiger partial charge in [0.05, 0.1) is 18.6 Å². The first-order valence-electron chi connectivity index (χ1n) is 7.84. The third kappa shape index (κ3) is 4.03. The van der Waals surface area contributed by atoms with Crippen LogP contribution in [-0.2, 0) is 26.1 Å². The number of hydrogen-bond acceptors (Lipinski definition) is 5. The molecule has 1 aromatic rings. The number of carbonyl (C=O) groups is 1. The molecule has 6 nitrogen and oxygen atoms in total. The number of benzene rings is 1. The van der Waals surface area contributed by atoms with Gasteiger partial charge in [-0.3, -0.25) is 14.0 Å². The van der Waals surface area contributed by atoms with E-state index in [1.807, 2.05) is 36.1 Å². The molecule has 0 amide bonds. The number of rotatable bonds is 5. The van der Waals surface area contributed by atoms with Crippen LogP contribution >= 0.6 is 0 Å². The quantitative estimate of drug-likeness (QED) is 0.762. The van der Waals surface area contributed by atoms with E-state index in [-0.39, 0.29) is 12.0 Å². The third-order valence-corrected chi connectivity index (χ3v) is 5.19. The summed E-state index contributed by atoms with van der Waals surface area (Å²) in [6, 6.07) is 7.07. The lowest BCUT2D eigenvalue weighted by atomic mass is 10.1. The normalized spacial score (nSPS) is 17.3. The van der Waals surface area contributed by atoms with Crippen LogP contribution in [0.4, 0.5) is 5.69 Å². The van der Waals surface area contributed by atoms with Crippen molar-refractivity contribution in [3.63, 3.8) is 0 Å². The van der Waals surface area contributed by atoms with Gasteiger partial charge in [-0.2, -0.15) is 0 Å². The Hall–Kier alpha value is -1.60. The maximum atomic E-state index is 12.2. The summed E-state index contributed by atoms with van der Waals surface area (Å²) >= 11 is 0. The molecular weight excluding hydrogens is 316 g/mol. The first kappa shape index (κ1) is 17.7. The van der Waals surface area contributed by atoms with Gasteiger partial charge >= 0.3 is 5.97 Å². The van der Waals surface area contributed by atoms with E-state index in [0.717, 1.165) is 5.56 Å². The van der Waals surface area contributed by atoms with Gasteiger partial charge in [0.2, 0.25) is 10.0 Å². The van der Waals surface area contributed by atoms with Crippen LogP contribution in [0, 0.1) is 0 Å². The van der Waals surface area contributed by atoms with Crippen molar-refractivity contribution in [3.8, 4) is 0 Å². The standard InChI is InChI=1S/C16H24N2O4S/c1-4-14(16(19)22-5-2)17-10-11-18(23(3,20)21)15-9-7-6-8-13(15)12-17/h6-9,14H,4-5,10-12H2,1-3H3/t14-/m1/s1. The van der Waals surface area contributed by atoms with E-state index >= 15 is 0 Å². The molecule has 0 spiro atoms. The molecule has 1 aromatic carbocycles. The van der Waals surface area contributed by atoms with E-state index in [0.29, 0.717) is 38.3 Å². The van der Waals surface area contributed by atoms with Crippen LogP contribution in [0.5, 0.6) is 0 Å². The van der Waals surface area contributed by atoms with Crippen LogP contribution < -0.4 is 4.31 Å². The molecule has 0 bridgehead atoms. The van der Waals surface area contributed by atoms with Crippen LogP contribution in [0.2, 0.25) is 0 Å². The molecule has 0 saturated carbocycles. The van der Waals surface area contributed by atoms with Crippen molar-refractivity contribution in [2.75, 3.05) is 30.3 Å². The maximum Gasteiger partial charge on any atom is 0.323 e. The molecule has 0 radical (unpaired) electrons. The Morgan fingerprint density at radius 3 is 2.57 bits per heavy atom. The molecule has 0 unspecified atom stereocenters. The number of ether oxygens (including phenoxy) is 1. The molecule has 0 fully saturated rings. The SMILES string of the molecule is CCOC(=O)[C@@H](CC)N1CCN(S(C)(=O)=O)c2ccccc2C1. The van der Waals surface area contributed by atoms with Gasteiger partial charge in [-0.15, -0.1) is 0 Å². The van der Waals surface area contributed by atoms with Gasteiger partial charge in [0, 0.05) is 19.6 Å². The Labute approximate surface area is 138 Å². The van der Waals surface area contributed by atoms with Crippen LogP contribution in [0.3, 0.4) is 0 Å². The smallest absolute Gasteiger partial charge is 0.323 e. The minimum absolute atomic E-state index is 0.250. The highest BCUT2D eigenvalue weighted by Gasteiger charge is 2.31. The molecule has 0 aliphatic carbocycles. The molecule has 1 aliphatic rings. The van der Waals surface area contributed by atoms with E-state index < -0.39 is 10.0 Å². The van der Waals surface area contributed by atoms with E-state index in [4.69, 9.17) is 4.74 Å². The fourth-order valence-corrected chi connectivity index (χ4v) is 3.90. The number of fused-ring (bicyclic) bond motifs is 1. The summed E-state index contributed by atoms with van der Waals surface area (Å²) in [5.74, 6) is -0.250. The first-order chi connectivity index (χ1) is 10.9. The van der Waals surface area contributed by atoms with Crippen LogP contribution in [0.25, 0.3) is 0 Å². The zero-order valence-corrected chi connectivity index (χ0v) is 14.7. The summed E-state index contributed by atoms with van der Waals surface area (Å²) in [4.78, 5) is 14.2. The van der Waals surface area contributed by atoms with Gasteiger partial charge in [0.15, 0.2) is 0 Å². The summed E-state index contributed by atoms with van der Waals surface area (Å²) in [5.41, 5.74) is 1.59. The number of hydrogen-bond donors (Lipinski definition) is 0. The second-order valence-electron chi connectivity index (χ2n) is 5.61. The van der Waals surface area contributed by atoms with Gasteiger partial charge in [-0.1, -0.05) is 25.1 Å². The van der Waals surface area contributed by atoms with Gasteiger partial charge in [-0.25, -0.2) is 8.42 Å². The summed E-state index contributed by atoms with van der Waals surface area (Å²) in [5, 5.41) is 0. The Morgan fingerprint density at radius 2 is 1.96 bits per heavy atom. The lowest BCUT2D eigenvalue weighted by molar-refractivity contribution is -0.149. The van der Waals surface area contributed by atoms with Crippen molar-refractivity contribution in [1.29, 1.82) is 0 Å². The molecular formula is C16H24N2O4S. The lowest BCUT2D eigenvalue weighted by Crippen LogP contribution is -2.44.